The number of rotatable bonds is 5. The van der Waals surface area contributed by atoms with Gasteiger partial charge in [0, 0.05) is 24.4 Å². The van der Waals surface area contributed by atoms with Gasteiger partial charge < -0.3 is 14.4 Å². The van der Waals surface area contributed by atoms with Gasteiger partial charge in [-0.1, -0.05) is 36.4 Å². The van der Waals surface area contributed by atoms with Crippen molar-refractivity contribution in [1.82, 2.24) is 4.90 Å². The molecule has 2 aromatic rings. The fourth-order valence-corrected chi connectivity index (χ4v) is 4.64. The average Bonchev–Trinajstić information content (AvgIpc) is 3.49. The third kappa shape index (κ3) is 2.99. The van der Waals surface area contributed by atoms with E-state index in [4.69, 9.17) is 9.47 Å². The van der Waals surface area contributed by atoms with Crippen molar-refractivity contribution in [3.8, 4) is 5.75 Å². The fraction of sp³-hybridized carbons (Fsp3) is 0.333. The highest BCUT2D eigenvalue weighted by Crippen LogP contribution is 2.40. The molecule has 1 saturated heterocycles. The van der Waals surface area contributed by atoms with E-state index >= 15 is 0 Å². The Labute approximate surface area is 175 Å². The SMILES string of the molecule is COc1ccccc1C1=C(N2CCc3ccccc32)C(=O)N(CC2CCCO2)C1=O. The number of hydrogen-bond acceptors (Lipinski definition) is 5. The number of methoxy groups -OCH3 is 1. The predicted molar refractivity (Wildman–Crippen MR) is 113 cm³/mol. The first-order valence-corrected chi connectivity index (χ1v) is 10.4. The molecule has 0 aliphatic carbocycles. The lowest BCUT2D eigenvalue weighted by Crippen LogP contribution is -2.39. The van der Waals surface area contributed by atoms with Crippen molar-refractivity contribution >= 4 is 23.1 Å². The van der Waals surface area contributed by atoms with Crippen LogP contribution in [0.15, 0.2) is 54.2 Å². The minimum Gasteiger partial charge on any atom is -0.496 e. The normalized spacial score (nSPS) is 21.0. The summed E-state index contributed by atoms with van der Waals surface area (Å²) >= 11 is 0. The van der Waals surface area contributed by atoms with E-state index in [1.807, 2.05) is 47.4 Å². The summed E-state index contributed by atoms with van der Waals surface area (Å²) in [6, 6.07) is 15.4. The van der Waals surface area contributed by atoms with Gasteiger partial charge in [-0.15, -0.1) is 0 Å². The molecule has 0 bridgehead atoms. The topological polar surface area (TPSA) is 59.1 Å². The summed E-state index contributed by atoms with van der Waals surface area (Å²) in [6.07, 6.45) is 2.57. The Balaban J connectivity index is 1.62. The summed E-state index contributed by atoms with van der Waals surface area (Å²) < 4.78 is 11.2. The number of fused-ring (bicyclic) bond motifs is 1. The van der Waals surface area contributed by atoms with Crippen LogP contribution in [0.25, 0.3) is 5.57 Å². The molecule has 30 heavy (non-hydrogen) atoms. The first-order chi connectivity index (χ1) is 14.7. The third-order valence-electron chi connectivity index (χ3n) is 6.09. The van der Waals surface area contributed by atoms with Crippen LogP contribution < -0.4 is 9.64 Å². The Morgan fingerprint density at radius 1 is 1.07 bits per heavy atom. The molecule has 0 aromatic heterocycles. The van der Waals surface area contributed by atoms with Crippen LogP contribution in [0.5, 0.6) is 5.75 Å². The minimum atomic E-state index is -0.278. The van der Waals surface area contributed by atoms with Crippen LogP contribution in [-0.4, -0.2) is 49.6 Å². The van der Waals surface area contributed by atoms with Crippen molar-refractivity contribution < 1.29 is 19.1 Å². The standard InChI is InChI=1S/C24H24N2O4/c1-29-20-11-5-3-9-18(20)21-22(25-13-12-16-7-2-4-10-19(16)25)24(28)26(23(21)27)15-17-8-6-14-30-17/h2-5,7,9-11,17H,6,8,12-15H2,1H3. The fourth-order valence-electron chi connectivity index (χ4n) is 4.64. The van der Waals surface area contributed by atoms with Crippen molar-refractivity contribution in [2.24, 2.45) is 0 Å². The highest BCUT2D eigenvalue weighted by Gasteiger charge is 2.45. The molecule has 5 rings (SSSR count). The molecule has 0 spiro atoms. The van der Waals surface area contributed by atoms with Crippen molar-refractivity contribution in [1.29, 1.82) is 0 Å². The number of imide groups is 1. The molecule has 3 aliphatic heterocycles. The molecule has 3 aliphatic rings. The van der Waals surface area contributed by atoms with E-state index in [0.29, 0.717) is 35.7 Å². The number of ether oxygens (including phenoxy) is 2. The van der Waals surface area contributed by atoms with Gasteiger partial charge in [-0.2, -0.15) is 0 Å². The first kappa shape index (κ1) is 18.9. The van der Waals surface area contributed by atoms with E-state index in [0.717, 1.165) is 24.9 Å². The van der Waals surface area contributed by atoms with Crippen molar-refractivity contribution in [3.63, 3.8) is 0 Å². The van der Waals surface area contributed by atoms with Gasteiger partial charge in [0.25, 0.3) is 11.8 Å². The Kier molecular flexibility index (Phi) is 4.79. The maximum absolute atomic E-state index is 13.6. The Bertz CT molecular complexity index is 1040. The summed E-state index contributed by atoms with van der Waals surface area (Å²) in [5, 5.41) is 0. The molecule has 1 unspecified atom stereocenters. The zero-order valence-electron chi connectivity index (χ0n) is 17.0. The number of nitrogens with zero attached hydrogens (tertiary/aromatic N) is 2. The molecule has 1 atom stereocenters. The molecule has 6 nitrogen and oxygen atoms in total. The number of amides is 2. The van der Waals surface area contributed by atoms with Gasteiger partial charge in [0.2, 0.25) is 0 Å². The van der Waals surface area contributed by atoms with E-state index in [1.54, 1.807) is 7.11 Å². The van der Waals surface area contributed by atoms with Gasteiger partial charge in [0.05, 0.1) is 25.3 Å². The quantitative estimate of drug-likeness (QED) is 0.717. The lowest BCUT2D eigenvalue weighted by atomic mass is 10.0. The van der Waals surface area contributed by atoms with Crippen LogP contribution in [0, 0.1) is 0 Å². The smallest absolute Gasteiger partial charge is 0.278 e. The Morgan fingerprint density at radius 3 is 2.67 bits per heavy atom. The zero-order chi connectivity index (χ0) is 20.7. The molecule has 0 radical (unpaired) electrons. The molecule has 6 heteroatoms. The van der Waals surface area contributed by atoms with Gasteiger partial charge in [-0.25, -0.2) is 0 Å². The van der Waals surface area contributed by atoms with E-state index in [2.05, 4.69) is 6.07 Å². The van der Waals surface area contributed by atoms with Gasteiger partial charge in [0.1, 0.15) is 11.4 Å². The zero-order valence-corrected chi connectivity index (χ0v) is 17.0. The summed E-state index contributed by atoms with van der Waals surface area (Å²) in [5.41, 5.74) is 3.66. The minimum absolute atomic E-state index is 0.0953. The summed E-state index contributed by atoms with van der Waals surface area (Å²) in [6.45, 7) is 1.63. The second-order valence-corrected chi connectivity index (χ2v) is 7.81. The largest absolute Gasteiger partial charge is 0.496 e. The Morgan fingerprint density at radius 2 is 1.87 bits per heavy atom. The lowest BCUT2D eigenvalue weighted by Gasteiger charge is -2.23. The van der Waals surface area contributed by atoms with E-state index in [1.165, 1.54) is 10.5 Å². The van der Waals surface area contributed by atoms with E-state index in [-0.39, 0.29) is 24.5 Å². The average molecular weight is 404 g/mol. The lowest BCUT2D eigenvalue weighted by molar-refractivity contribution is -0.138. The van der Waals surface area contributed by atoms with Crippen LogP contribution in [-0.2, 0) is 20.7 Å². The summed E-state index contributed by atoms with van der Waals surface area (Å²) in [4.78, 5) is 30.5. The Hall–Kier alpha value is -3.12. The molecule has 154 valence electrons. The molecule has 3 heterocycles. The molecule has 0 N–H and O–H groups in total. The van der Waals surface area contributed by atoms with E-state index in [9.17, 15) is 9.59 Å². The number of benzene rings is 2. The predicted octanol–water partition coefficient (Wildman–Crippen LogP) is 3.02. The summed E-state index contributed by atoms with van der Waals surface area (Å²) in [5.74, 6) is 0.0464. The van der Waals surface area contributed by atoms with E-state index < -0.39 is 0 Å². The number of carbonyl (C=O) groups excluding carboxylic acids is 2. The molecule has 0 saturated carbocycles. The molecule has 2 amide bonds. The van der Waals surface area contributed by atoms with Crippen LogP contribution in [0.3, 0.4) is 0 Å². The van der Waals surface area contributed by atoms with Gasteiger partial charge in [-0.3, -0.25) is 14.5 Å². The third-order valence-corrected chi connectivity index (χ3v) is 6.09. The van der Waals surface area contributed by atoms with Crippen molar-refractivity contribution in [2.75, 3.05) is 31.7 Å². The molecular weight excluding hydrogens is 380 g/mol. The van der Waals surface area contributed by atoms with Crippen LogP contribution >= 0.6 is 0 Å². The first-order valence-electron chi connectivity index (χ1n) is 10.4. The van der Waals surface area contributed by atoms with Crippen molar-refractivity contribution in [3.05, 3.63) is 65.4 Å². The van der Waals surface area contributed by atoms with Crippen LogP contribution in [0.1, 0.15) is 24.0 Å². The maximum Gasteiger partial charge on any atom is 0.278 e. The summed E-state index contributed by atoms with van der Waals surface area (Å²) in [7, 11) is 1.58. The monoisotopic (exact) mass is 404 g/mol. The second kappa shape index (κ2) is 7.61. The van der Waals surface area contributed by atoms with Gasteiger partial charge >= 0.3 is 0 Å². The highest BCUT2D eigenvalue weighted by molar-refractivity contribution is 6.37. The van der Waals surface area contributed by atoms with Gasteiger partial charge in [-0.05, 0) is 37.0 Å². The molecule has 2 aromatic carbocycles. The van der Waals surface area contributed by atoms with Crippen LogP contribution in [0.4, 0.5) is 5.69 Å². The molecular formula is C24H24N2O4. The van der Waals surface area contributed by atoms with Crippen LogP contribution in [0.2, 0.25) is 0 Å². The van der Waals surface area contributed by atoms with Crippen molar-refractivity contribution in [2.45, 2.75) is 25.4 Å². The maximum atomic E-state index is 13.6. The number of carbonyl (C=O) groups is 2. The number of hydrogen-bond donors (Lipinski definition) is 0. The van der Waals surface area contributed by atoms with Gasteiger partial charge in [0.15, 0.2) is 0 Å². The second-order valence-electron chi connectivity index (χ2n) is 7.81. The highest BCUT2D eigenvalue weighted by atomic mass is 16.5. The molecule has 1 fully saturated rings. The number of anilines is 1. The number of para-hydroxylation sites is 2.